The van der Waals surface area contributed by atoms with E-state index in [2.05, 4.69) is 47.3 Å². The lowest BCUT2D eigenvalue weighted by Crippen LogP contribution is -2.51. The van der Waals surface area contributed by atoms with E-state index in [1.54, 1.807) is 12.5 Å². The molecule has 0 spiro atoms. The zero-order chi connectivity index (χ0) is 29.8. The molecule has 4 aliphatic rings. The number of hydrogen-bond acceptors (Lipinski definition) is 4. The number of allylic oxidation sites excluding steroid dienone is 2. The van der Waals surface area contributed by atoms with Gasteiger partial charge in [0, 0.05) is 12.0 Å². The first-order valence-electron chi connectivity index (χ1n) is 17.2. The van der Waals surface area contributed by atoms with Gasteiger partial charge in [0.2, 0.25) is 0 Å². The molecule has 0 aromatic heterocycles. The van der Waals surface area contributed by atoms with Crippen molar-refractivity contribution >= 4 is 11.9 Å². The molecule has 0 aromatic rings. The molecular formula is C37H60O4. The number of carbonyl (C=O) groups is 2. The van der Waals surface area contributed by atoms with Crippen molar-refractivity contribution in [1.82, 2.24) is 0 Å². The fourth-order valence-corrected chi connectivity index (χ4v) is 9.92. The highest BCUT2D eigenvalue weighted by atomic mass is 16.5. The number of ether oxygens (including phenoxy) is 2. The van der Waals surface area contributed by atoms with Crippen molar-refractivity contribution in [2.24, 2.45) is 46.3 Å². The molecule has 3 fully saturated rings. The van der Waals surface area contributed by atoms with Crippen LogP contribution >= 0.6 is 0 Å². The minimum absolute atomic E-state index is 0.0468. The molecule has 0 amide bonds. The van der Waals surface area contributed by atoms with Crippen molar-refractivity contribution < 1.29 is 19.1 Å². The normalized spacial score (nSPS) is 35.1. The predicted octanol–water partition coefficient (Wildman–Crippen LogP) is 9.62. The summed E-state index contributed by atoms with van der Waals surface area (Å²) < 4.78 is 11.3. The van der Waals surface area contributed by atoms with Gasteiger partial charge in [0.25, 0.3) is 0 Å². The zero-order valence-electron chi connectivity index (χ0n) is 27.3. The Morgan fingerprint density at radius 3 is 2.51 bits per heavy atom. The number of unbranched alkanes of at least 4 members (excludes halogenated alkanes) is 2. The first-order chi connectivity index (χ1) is 19.5. The molecule has 8 atom stereocenters. The molecule has 0 bridgehead atoms. The third kappa shape index (κ3) is 7.32. The summed E-state index contributed by atoms with van der Waals surface area (Å²) in [7, 11) is 0. The topological polar surface area (TPSA) is 52.6 Å². The van der Waals surface area contributed by atoms with Crippen LogP contribution in [0.1, 0.15) is 138 Å². The summed E-state index contributed by atoms with van der Waals surface area (Å²) in [5.74, 6) is 4.53. The molecule has 0 aliphatic heterocycles. The van der Waals surface area contributed by atoms with Crippen LogP contribution in [0.3, 0.4) is 0 Å². The Bertz CT molecular complexity index is 964. The molecule has 0 saturated heterocycles. The summed E-state index contributed by atoms with van der Waals surface area (Å²) in [5, 5.41) is 0. The van der Waals surface area contributed by atoms with Gasteiger partial charge in [-0.1, -0.05) is 72.1 Å². The van der Waals surface area contributed by atoms with Gasteiger partial charge in [0.1, 0.15) is 6.10 Å². The fraction of sp³-hybridized carbons (Fsp3) is 0.838. The Hall–Kier alpha value is -1.58. The van der Waals surface area contributed by atoms with Crippen LogP contribution in [0.5, 0.6) is 0 Å². The van der Waals surface area contributed by atoms with Crippen LogP contribution in [-0.2, 0) is 19.1 Å². The number of carbonyl (C=O) groups excluding carboxylic acids is 2. The molecule has 4 aliphatic carbocycles. The maximum Gasteiger partial charge on any atom is 0.333 e. The third-order valence-corrected chi connectivity index (χ3v) is 12.1. The first kappa shape index (κ1) is 32.3. The van der Waals surface area contributed by atoms with Crippen LogP contribution in [0.4, 0.5) is 0 Å². The van der Waals surface area contributed by atoms with Gasteiger partial charge >= 0.3 is 11.9 Å². The Morgan fingerprint density at radius 2 is 1.78 bits per heavy atom. The molecule has 0 heterocycles. The summed E-state index contributed by atoms with van der Waals surface area (Å²) in [6, 6.07) is 0. The molecule has 0 radical (unpaired) electrons. The number of esters is 2. The highest BCUT2D eigenvalue weighted by molar-refractivity contribution is 5.86. The van der Waals surface area contributed by atoms with Crippen molar-refractivity contribution in [1.29, 1.82) is 0 Å². The number of fused-ring (bicyclic) bond motifs is 5. The van der Waals surface area contributed by atoms with Crippen LogP contribution in [0.25, 0.3) is 0 Å². The van der Waals surface area contributed by atoms with E-state index in [4.69, 9.17) is 9.47 Å². The lowest BCUT2D eigenvalue weighted by atomic mass is 9.47. The van der Waals surface area contributed by atoms with Crippen LogP contribution < -0.4 is 0 Å². The molecule has 4 rings (SSSR count). The number of rotatable bonds is 13. The minimum atomic E-state index is -0.337. The highest BCUT2D eigenvalue weighted by Crippen LogP contribution is 2.67. The zero-order valence-corrected chi connectivity index (χ0v) is 27.3. The molecule has 4 heteroatoms. The van der Waals surface area contributed by atoms with Crippen molar-refractivity contribution in [2.45, 2.75) is 144 Å². The smallest absolute Gasteiger partial charge is 0.333 e. The van der Waals surface area contributed by atoms with E-state index in [1.807, 2.05) is 0 Å². The van der Waals surface area contributed by atoms with Crippen LogP contribution in [0.15, 0.2) is 23.8 Å². The Morgan fingerprint density at radius 1 is 1.00 bits per heavy atom. The van der Waals surface area contributed by atoms with Gasteiger partial charge in [-0.15, -0.1) is 0 Å². The SMILES string of the molecule is C=C(C)C(=O)OCCCCCC(=O)OC1CCC2=CC[C@H]3[C@@H]4CC[C@H]([C@H](C)CCCC(C)C)[C@@]4(C)CC[C@@H]3[C@@]2(C)C1. The van der Waals surface area contributed by atoms with Gasteiger partial charge in [-0.2, -0.15) is 0 Å². The van der Waals surface area contributed by atoms with Crippen LogP contribution in [0, 0.1) is 46.3 Å². The maximum absolute atomic E-state index is 12.8. The first-order valence-corrected chi connectivity index (χ1v) is 17.2. The Labute approximate surface area is 251 Å². The molecule has 0 N–H and O–H groups in total. The number of hydrogen-bond donors (Lipinski definition) is 0. The lowest BCUT2D eigenvalue weighted by Gasteiger charge is -2.58. The molecule has 1 unspecified atom stereocenters. The second kappa shape index (κ2) is 13.8. The molecule has 41 heavy (non-hydrogen) atoms. The standard InChI is InChI=1S/C37H60O4/c1-25(2)12-11-13-27(5)31-19-20-32-30-18-16-28-15-17-29(24-37(28,7)33(30)21-22-36(31,32)6)41-34(38)14-9-8-10-23-40-35(39)26(3)4/h16,25,27,29-33H,3,8-15,17-24H2,1-2,4-7H3/t27-,29?,30+,31-,32+,33+,36-,37+/m1/s1. The van der Waals surface area contributed by atoms with Gasteiger partial charge in [0.15, 0.2) is 0 Å². The summed E-state index contributed by atoms with van der Waals surface area (Å²) in [5.41, 5.74) is 2.77. The van der Waals surface area contributed by atoms with Gasteiger partial charge in [0.05, 0.1) is 6.61 Å². The van der Waals surface area contributed by atoms with Crippen molar-refractivity contribution in [3.63, 3.8) is 0 Å². The van der Waals surface area contributed by atoms with Crippen LogP contribution in [-0.4, -0.2) is 24.6 Å². The van der Waals surface area contributed by atoms with Gasteiger partial charge in [-0.3, -0.25) is 4.79 Å². The summed E-state index contributed by atoms with van der Waals surface area (Å²) in [6.07, 6.45) is 19.6. The van der Waals surface area contributed by atoms with E-state index in [-0.39, 0.29) is 23.5 Å². The average molecular weight is 569 g/mol. The monoisotopic (exact) mass is 568 g/mol. The molecule has 3 saturated carbocycles. The van der Waals surface area contributed by atoms with E-state index in [9.17, 15) is 9.59 Å². The Balaban J connectivity index is 1.29. The van der Waals surface area contributed by atoms with Gasteiger partial charge < -0.3 is 9.47 Å². The summed E-state index contributed by atoms with van der Waals surface area (Å²) >= 11 is 0. The van der Waals surface area contributed by atoms with E-state index in [0.29, 0.717) is 24.0 Å². The maximum atomic E-state index is 12.8. The second-order valence-electron chi connectivity index (χ2n) is 15.4. The van der Waals surface area contributed by atoms with Gasteiger partial charge in [-0.05, 0) is 124 Å². The summed E-state index contributed by atoms with van der Waals surface area (Å²) in [6.45, 7) is 18.1. The van der Waals surface area contributed by atoms with Gasteiger partial charge in [-0.25, -0.2) is 4.79 Å². The molecule has 4 nitrogen and oxygen atoms in total. The summed E-state index contributed by atoms with van der Waals surface area (Å²) in [4.78, 5) is 24.2. The lowest BCUT2D eigenvalue weighted by molar-refractivity contribution is -0.154. The fourth-order valence-electron chi connectivity index (χ4n) is 9.92. The molecule has 0 aromatic carbocycles. The molecular weight excluding hydrogens is 508 g/mol. The third-order valence-electron chi connectivity index (χ3n) is 12.1. The predicted molar refractivity (Wildman–Crippen MR) is 167 cm³/mol. The molecule has 232 valence electrons. The van der Waals surface area contributed by atoms with E-state index >= 15 is 0 Å². The van der Waals surface area contributed by atoms with E-state index in [0.717, 1.165) is 74.0 Å². The van der Waals surface area contributed by atoms with Crippen LogP contribution in [0.2, 0.25) is 0 Å². The highest BCUT2D eigenvalue weighted by Gasteiger charge is 2.59. The van der Waals surface area contributed by atoms with Crippen molar-refractivity contribution in [3.05, 3.63) is 23.8 Å². The Kier molecular flexibility index (Phi) is 10.9. The van der Waals surface area contributed by atoms with E-state index < -0.39 is 0 Å². The largest absolute Gasteiger partial charge is 0.462 e. The van der Waals surface area contributed by atoms with Crippen molar-refractivity contribution in [2.75, 3.05) is 6.61 Å². The quantitative estimate of drug-likeness (QED) is 0.0960. The second-order valence-corrected chi connectivity index (χ2v) is 15.4. The minimum Gasteiger partial charge on any atom is -0.462 e. The van der Waals surface area contributed by atoms with E-state index in [1.165, 1.54) is 51.4 Å². The average Bonchev–Trinajstić information content (AvgIpc) is 3.27. The van der Waals surface area contributed by atoms with Crippen molar-refractivity contribution in [3.8, 4) is 0 Å².